The Morgan fingerprint density at radius 2 is 2.04 bits per heavy atom. The highest BCUT2D eigenvalue weighted by atomic mass is 31.2. The summed E-state index contributed by atoms with van der Waals surface area (Å²) in [6.45, 7) is -0.462. The zero-order valence-electron chi connectivity index (χ0n) is 15.5. The normalized spacial score (nSPS) is 29.0. The number of amides is 1. The third-order valence-corrected chi connectivity index (χ3v) is 5.27. The van der Waals surface area contributed by atoms with Crippen molar-refractivity contribution < 1.29 is 33.5 Å². The topological polar surface area (TPSA) is 141 Å². The number of aromatic nitrogens is 2. The Hall–Kier alpha value is -1.53. The molecule has 0 aliphatic carbocycles. The Balaban J connectivity index is 1.93. The number of nitrogens with zero attached hydrogens (tertiary/aromatic N) is 5. The van der Waals surface area contributed by atoms with Gasteiger partial charge in [-0.3, -0.25) is 18.8 Å². The summed E-state index contributed by atoms with van der Waals surface area (Å²) in [5.74, 6) is 0.274. The van der Waals surface area contributed by atoms with Crippen LogP contribution in [0.15, 0.2) is 6.33 Å². The lowest BCUT2D eigenvalue weighted by Gasteiger charge is -2.44. The molecule has 3 N–H and O–H groups in total. The molecule has 152 valence electrons. The average Bonchev–Trinajstić information content (AvgIpc) is 3.14. The highest BCUT2D eigenvalue weighted by Crippen LogP contribution is 2.44. The largest absolute Gasteiger partial charge is 0.469 e. The molecular formula is C14H24N5O7P. The summed E-state index contributed by atoms with van der Waals surface area (Å²) in [6.07, 6.45) is -1.41. The van der Waals surface area contributed by atoms with Gasteiger partial charge in [0, 0.05) is 20.5 Å². The summed E-state index contributed by atoms with van der Waals surface area (Å²) in [4.78, 5) is 40.3. The summed E-state index contributed by atoms with van der Waals surface area (Å²) in [6, 6.07) is 0. The van der Waals surface area contributed by atoms with Crippen molar-refractivity contribution in [3.05, 3.63) is 12.0 Å². The van der Waals surface area contributed by atoms with E-state index in [2.05, 4.69) is 4.98 Å². The Morgan fingerprint density at radius 1 is 1.37 bits per heavy atom. The summed E-state index contributed by atoms with van der Waals surface area (Å²) < 4.78 is 23.3. The number of rotatable bonds is 5. The maximum Gasteiger partial charge on any atom is 0.469 e. The van der Waals surface area contributed by atoms with Gasteiger partial charge in [0.25, 0.3) is 5.91 Å². The van der Waals surface area contributed by atoms with Gasteiger partial charge in [-0.2, -0.15) is 0 Å². The molecule has 1 fully saturated rings. The van der Waals surface area contributed by atoms with Gasteiger partial charge >= 0.3 is 7.82 Å². The van der Waals surface area contributed by atoms with Crippen molar-refractivity contribution in [2.75, 3.05) is 39.7 Å². The van der Waals surface area contributed by atoms with Crippen LogP contribution < -0.4 is 4.90 Å². The molecule has 2 aliphatic rings. The van der Waals surface area contributed by atoms with Crippen LogP contribution in [0, 0.1) is 0 Å². The predicted molar refractivity (Wildman–Crippen MR) is 92.7 cm³/mol. The third kappa shape index (κ3) is 3.61. The van der Waals surface area contributed by atoms with Gasteiger partial charge in [-0.05, 0) is 14.1 Å². The molecule has 13 heteroatoms. The molecule has 1 unspecified atom stereocenters. The van der Waals surface area contributed by atoms with E-state index in [1.807, 2.05) is 30.9 Å². The van der Waals surface area contributed by atoms with Crippen molar-refractivity contribution in [2.45, 2.75) is 31.1 Å². The molecule has 1 aromatic rings. The number of phosphoric acid groups is 1. The number of fused-ring (bicyclic) bond motifs is 1. The molecule has 27 heavy (non-hydrogen) atoms. The molecule has 1 amide bonds. The lowest BCUT2D eigenvalue weighted by atomic mass is 10.2. The number of ether oxygens (including phenoxy) is 1. The number of phosphoric ester groups is 1. The van der Waals surface area contributed by atoms with Gasteiger partial charge in [-0.1, -0.05) is 0 Å². The van der Waals surface area contributed by atoms with E-state index in [4.69, 9.17) is 19.0 Å². The molecule has 0 radical (unpaired) electrons. The highest BCUT2D eigenvalue weighted by molar-refractivity contribution is 7.46. The van der Waals surface area contributed by atoms with Crippen LogP contribution in [0.4, 0.5) is 5.82 Å². The van der Waals surface area contributed by atoms with Crippen molar-refractivity contribution in [1.29, 1.82) is 0 Å². The fourth-order valence-electron chi connectivity index (χ4n) is 3.72. The minimum atomic E-state index is -4.74. The Kier molecular flexibility index (Phi) is 5.34. The predicted octanol–water partition coefficient (Wildman–Crippen LogP) is -0.992. The van der Waals surface area contributed by atoms with Gasteiger partial charge in [0.15, 0.2) is 12.0 Å². The molecule has 3 rings (SSSR count). The van der Waals surface area contributed by atoms with Gasteiger partial charge in [0.05, 0.1) is 12.9 Å². The molecule has 4 atom stereocenters. The molecule has 0 bridgehead atoms. The van der Waals surface area contributed by atoms with Crippen LogP contribution in [0.25, 0.3) is 0 Å². The first kappa shape index (κ1) is 20.2. The van der Waals surface area contributed by atoms with E-state index in [1.165, 1.54) is 6.33 Å². The average molecular weight is 405 g/mol. The Morgan fingerprint density at radius 3 is 2.59 bits per heavy atom. The molecule has 2 aliphatic heterocycles. The van der Waals surface area contributed by atoms with Crippen LogP contribution in [-0.4, -0.2) is 93.4 Å². The number of aliphatic hydroxyl groups is 1. The first-order chi connectivity index (χ1) is 12.5. The summed E-state index contributed by atoms with van der Waals surface area (Å²) in [5.41, 5.74) is 0.251. The van der Waals surface area contributed by atoms with Crippen molar-refractivity contribution in [2.24, 2.45) is 0 Å². The van der Waals surface area contributed by atoms with Gasteiger partial charge in [-0.15, -0.1) is 0 Å². The van der Waals surface area contributed by atoms with Crippen molar-refractivity contribution in [3.63, 3.8) is 0 Å². The molecule has 0 aromatic carbocycles. The summed E-state index contributed by atoms with van der Waals surface area (Å²) in [7, 11) is 2.44. The lowest BCUT2D eigenvalue weighted by molar-refractivity contribution is -0.0437. The van der Waals surface area contributed by atoms with Crippen LogP contribution in [0.1, 0.15) is 23.1 Å². The smallest absolute Gasteiger partial charge is 0.394 e. The fraction of sp³-hybridized carbons (Fsp3) is 0.714. The standard InChI is InChI=1S/C14H24N5O7P/c1-16(2)14-17(3)12-11(13(21)18(14)4)15-7-19(12)10-5-8(9(6-20)25-10)26-27(22,23)24/h7-10,14,20H,5-6H2,1-4H3,(H2,22,23,24)/t8-,9+,10+,14?/m0/s1. The van der Waals surface area contributed by atoms with E-state index in [9.17, 15) is 14.5 Å². The first-order valence-electron chi connectivity index (χ1n) is 8.28. The zero-order valence-corrected chi connectivity index (χ0v) is 16.4. The van der Waals surface area contributed by atoms with Crippen molar-refractivity contribution in [1.82, 2.24) is 19.4 Å². The summed E-state index contributed by atoms with van der Waals surface area (Å²) >= 11 is 0. The van der Waals surface area contributed by atoms with Gasteiger partial charge in [-0.25, -0.2) is 9.55 Å². The minimum Gasteiger partial charge on any atom is -0.394 e. The second-order valence-corrected chi connectivity index (χ2v) is 8.03. The maximum atomic E-state index is 12.7. The Labute approximate surface area is 156 Å². The quantitative estimate of drug-likeness (QED) is 0.523. The first-order valence-corrected chi connectivity index (χ1v) is 9.81. The lowest BCUT2D eigenvalue weighted by Crippen LogP contribution is -2.59. The molecule has 3 heterocycles. The fourth-order valence-corrected chi connectivity index (χ4v) is 4.30. The molecule has 1 saturated heterocycles. The molecule has 0 spiro atoms. The van der Waals surface area contributed by atoms with Crippen molar-refractivity contribution in [3.8, 4) is 0 Å². The maximum absolute atomic E-state index is 12.7. The SMILES string of the molecule is CN(C)C1N(C)C(=O)c2ncn([C@H]3C[C@H](OP(=O)(O)O)[C@@H](CO)O3)c2N1C. The van der Waals surface area contributed by atoms with Crippen LogP contribution >= 0.6 is 7.82 Å². The number of carbonyl (C=O) groups is 1. The molecule has 1 aromatic heterocycles. The number of hydrogen-bond donors (Lipinski definition) is 3. The van der Waals surface area contributed by atoms with E-state index in [0.717, 1.165) is 0 Å². The molecular weight excluding hydrogens is 381 g/mol. The van der Waals surface area contributed by atoms with Gasteiger partial charge < -0.3 is 29.4 Å². The number of hydrogen-bond acceptors (Lipinski definition) is 8. The number of imidazole rings is 1. The van der Waals surface area contributed by atoms with E-state index in [0.29, 0.717) is 5.82 Å². The van der Waals surface area contributed by atoms with E-state index in [-0.39, 0.29) is 24.3 Å². The van der Waals surface area contributed by atoms with Gasteiger partial charge in [0.1, 0.15) is 24.3 Å². The molecule has 12 nitrogen and oxygen atoms in total. The number of carbonyl (C=O) groups excluding carboxylic acids is 1. The van der Waals surface area contributed by atoms with Crippen LogP contribution in [0.5, 0.6) is 0 Å². The van der Waals surface area contributed by atoms with E-state index >= 15 is 0 Å². The zero-order chi connectivity index (χ0) is 20.1. The second kappa shape index (κ2) is 7.13. The highest BCUT2D eigenvalue weighted by Gasteiger charge is 2.44. The van der Waals surface area contributed by atoms with Crippen molar-refractivity contribution >= 4 is 19.5 Å². The number of anilines is 1. The summed E-state index contributed by atoms with van der Waals surface area (Å²) in [5, 5.41) is 9.47. The molecule has 0 saturated carbocycles. The van der Waals surface area contributed by atoms with Crippen LogP contribution in [-0.2, 0) is 13.8 Å². The van der Waals surface area contributed by atoms with Crippen LogP contribution in [0.2, 0.25) is 0 Å². The third-order valence-electron chi connectivity index (χ3n) is 4.72. The van der Waals surface area contributed by atoms with Crippen LogP contribution in [0.3, 0.4) is 0 Å². The van der Waals surface area contributed by atoms with E-state index in [1.54, 1.807) is 16.5 Å². The monoisotopic (exact) mass is 405 g/mol. The number of aliphatic hydroxyl groups excluding tert-OH is 1. The van der Waals surface area contributed by atoms with E-state index < -0.39 is 32.9 Å². The van der Waals surface area contributed by atoms with Gasteiger partial charge in [0.2, 0.25) is 0 Å². The second-order valence-electron chi connectivity index (χ2n) is 6.84. The Bertz CT molecular complexity index is 765. The minimum absolute atomic E-state index is 0.0869.